The Morgan fingerprint density at radius 2 is 1.59 bits per heavy atom. The fourth-order valence-corrected chi connectivity index (χ4v) is 3.77. The van der Waals surface area contributed by atoms with Gasteiger partial charge in [-0.15, -0.1) is 0 Å². The highest BCUT2D eigenvalue weighted by atomic mass is 35.5. The van der Waals surface area contributed by atoms with Crippen LogP contribution in [0.1, 0.15) is 47.2 Å². The van der Waals surface area contributed by atoms with Gasteiger partial charge < -0.3 is 10.6 Å². The second-order valence-electron chi connectivity index (χ2n) is 7.69. The van der Waals surface area contributed by atoms with Gasteiger partial charge in [-0.2, -0.15) is 26.3 Å². The van der Waals surface area contributed by atoms with Crippen LogP contribution >= 0.6 is 11.6 Å². The van der Waals surface area contributed by atoms with Crippen LogP contribution in [0.5, 0.6) is 0 Å². The van der Waals surface area contributed by atoms with Crippen molar-refractivity contribution in [2.24, 2.45) is 5.92 Å². The van der Waals surface area contributed by atoms with Gasteiger partial charge in [0.2, 0.25) is 0 Å². The molecule has 1 amide bonds. The summed E-state index contributed by atoms with van der Waals surface area (Å²) in [7, 11) is 0. The fourth-order valence-electron chi connectivity index (χ4n) is 3.56. The van der Waals surface area contributed by atoms with Gasteiger partial charge >= 0.3 is 12.4 Å². The number of halogens is 7. The quantitative estimate of drug-likeness (QED) is 0.504. The predicted molar refractivity (Wildman–Crippen MR) is 107 cm³/mol. The highest BCUT2D eigenvalue weighted by Gasteiger charge is 2.32. The smallest absolute Gasteiger partial charge is 0.370 e. The average Bonchev–Trinajstić information content (AvgIpc) is 2.72. The van der Waals surface area contributed by atoms with E-state index in [-0.39, 0.29) is 22.5 Å². The Bertz CT molecular complexity index is 938. The molecule has 0 radical (unpaired) electrons. The lowest BCUT2D eigenvalue weighted by Crippen LogP contribution is -2.38. The van der Waals surface area contributed by atoms with E-state index in [1.165, 1.54) is 6.07 Å². The SMILES string of the molecule is O=C(NC1CCC(CNc2ccc(C(F)(F)F)cn2)CC1)c1cc(C(F)(F)F)ccc1Cl. The van der Waals surface area contributed by atoms with Gasteiger partial charge in [0, 0.05) is 18.8 Å². The van der Waals surface area contributed by atoms with Crippen molar-refractivity contribution in [3.8, 4) is 0 Å². The summed E-state index contributed by atoms with van der Waals surface area (Å²) in [6.07, 6.45) is -5.54. The normalized spacial score (nSPS) is 19.5. The summed E-state index contributed by atoms with van der Waals surface area (Å²) >= 11 is 5.91. The summed E-state index contributed by atoms with van der Waals surface area (Å²) in [5, 5.41) is 5.69. The van der Waals surface area contributed by atoms with E-state index in [0.29, 0.717) is 25.2 Å². The van der Waals surface area contributed by atoms with E-state index in [2.05, 4.69) is 15.6 Å². The zero-order chi connectivity index (χ0) is 23.5. The number of nitrogens with one attached hydrogen (secondary N) is 2. The van der Waals surface area contributed by atoms with Crippen LogP contribution in [0.15, 0.2) is 36.5 Å². The van der Waals surface area contributed by atoms with Gasteiger partial charge in [0.05, 0.1) is 21.7 Å². The molecule has 0 saturated heterocycles. The number of rotatable bonds is 5. The minimum absolute atomic E-state index is 0.0579. The minimum Gasteiger partial charge on any atom is -0.370 e. The summed E-state index contributed by atoms with van der Waals surface area (Å²) < 4.78 is 76.4. The largest absolute Gasteiger partial charge is 0.417 e. The zero-order valence-corrected chi connectivity index (χ0v) is 17.4. The molecule has 0 atom stereocenters. The van der Waals surface area contributed by atoms with Gasteiger partial charge in [-0.1, -0.05) is 11.6 Å². The number of hydrogen-bond donors (Lipinski definition) is 2. The first-order valence-electron chi connectivity index (χ1n) is 9.88. The molecule has 1 aliphatic carbocycles. The van der Waals surface area contributed by atoms with Gasteiger partial charge in [0.15, 0.2) is 0 Å². The van der Waals surface area contributed by atoms with Crippen molar-refractivity contribution in [3.63, 3.8) is 0 Å². The van der Waals surface area contributed by atoms with Crippen LogP contribution in [0.4, 0.5) is 32.2 Å². The molecule has 0 unspecified atom stereocenters. The number of benzene rings is 1. The maximum Gasteiger partial charge on any atom is 0.417 e. The van der Waals surface area contributed by atoms with E-state index < -0.39 is 29.4 Å². The molecule has 2 N–H and O–H groups in total. The van der Waals surface area contributed by atoms with Crippen molar-refractivity contribution in [3.05, 3.63) is 58.2 Å². The number of pyridine rings is 1. The van der Waals surface area contributed by atoms with E-state index in [0.717, 1.165) is 43.3 Å². The van der Waals surface area contributed by atoms with Crippen LogP contribution in [0.2, 0.25) is 5.02 Å². The predicted octanol–water partition coefficient (Wildman–Crippen LogP) is 6.17. The van der Waals surface area contributed by atoms with Gasteiger partial charge in [-0.25, -0.2) is 4.98 Å². The Hall–Kier alpha value is -2.49. The molecule has 174 valence electrons. The second kappa shape index (κ2) is 9.56. The molecule has 0 spiro atoms. The number of carbonyl (C=O) groups excluding carboxylic acids is 1. The van der Waals surface area contributed by atoms with E-state index in [1.807, 2.05) is 0 Å². The third-order valence-electron chi connectivity index (χ3n) is 5.38. The van der Waals surface area contributed by atoms with Gasteiger partial charge in [-0.3, -0.25) is 4.79 Å². The fraction of sp³-hybridized carbons (Fsp3) is 0.429. The Morgan fingerprint density at radius 3 is 2.16 bits per heavy atom. The number of hydrogen-bond acceptors (Lipinski definition) is 3. The molecule has 1 aliphatic rings. The van der Waals surface area contributed by atoms with Crippen molar-refractivity contribution in [1.82, 2.24) is 10.3 Å². The molecule has 1 aromatic heterocycles. The molecule has 0 aliphatic heterocycles. The summed E-state index contributed by atoms with van der Waals surface area (Å²) in [4.78, 5) is 16.2. The Morgan fingerprint density at radius 1 is 0.969 bits per heavy atom. The molecule has 4 nitrogen and oxygen atoms in total. The molecular weight excluding hydrogens is 460 g/mol. The molecule has 1 fully saturated rings. The zero-order valence-electron chi connectivity index (χ0n) is 16.7. The van der Waals surface area contributed by atoms with E-state index in [1.54, 1.807) is 0 Å². The van der Waals surface area contributed by atoms with Crippen LogP contribution in [0.25, 0.3) is 0 Å². The van der Waals surface area contributed by atoms with Crippen LogP contribution < -0.4 is 10.6 Å². The van der Waals surface area contributed by atoms with Crippen molar-refractivity contribution in [1.29, 1.82) is 0 Å². The molecule has 2 aromatic rings. The first-order chi connectivity index (χ1) is 14.9. The number of aromatic nitrogens is 1. The van der Waals surface area contributed by atoms with E-state index in [9.17, 15) is 31.1 Å². The minimum atomic E-state index is -4.58. The first kappa shape index (κ1) is 24.2. The lowest BCUT2D eigenvalue weighted by atomic mass is 9.86. The van der Waals surface area contributed by atoms with Crippen LogP contribution in [0, 0.1) is 5.92 Å². The molecule has 11 heteroatoms. The van der Waals surface area contributed by atoms with E-state index >= 15 is 0 Å². The number of nitrogens with zero attached hydrogens (tertiary/aromatic N) is 1. The highest BCUT2D eigenvalue weighted by Crippen LogP contribution is 2.32. The third kappa shape index (κ3) is 6.27. The molecule has 3 rings (SSSR count). The lowest BCUT2D eigenvalue weighted by Gasteiger charge is -2.29. The van der Waals surface area contributed by atoms with Crippen LogP contribution in [-0.2, 0) is 12.4 Å². The summed E-state index contributed by atoms with van der Waals surface area (Å²) in [5.74, 6) is -0.0892. The molecule has 32 heavy (non-hydrogen) atoms. The van der Waals surface area contributed by atoms with Crippen molar-refractivity contribution >= 4 is 23.3 Å². The van der Waals surface area contributed by atoms with Crippen molar-refractivity contribution in [2.75, 3.05) is 11.9 Å². The first-order valence-corrected chi connectivity index (χ1v) is 10.3. The topological polar surface area (TPSA) is 54.0 Å². The van der Waals surface area contributed by atoms with Crippen molar-refractivity contribution in [2.45, 2.75) is 44.1 Å². The Balaban J connectivity index is 1.48. The maximum atomic E-state index is 12.9. The Kier molecular flexibility index (Phi) is 7.22. The summed E-state index contributed by atoms with van der Waals surface area (Å²) in [6, 6.07) is 4.65. The standard InChI is InChI=1S/C21H20ClF6N3O/c22-17-7-3-13(20(23,24)25)9-16(17)19(32)31-15-5-1-12(2-6-15)10-29-18-8-4-14(11-30-18)21(26,27)28/h3-4,7-9,11-12,15H,1-2,5-6,10H2,(H,29,30)(H,31,32). The van der Waals surface area contributed by atoms with Crippen LogP contribution in [-0.4, -0.2) is 23.5 Å². The van der Waals surface area contributed by atoms with Gasteiger partial charge in [0.25, 0.3) is 5.91 Å². The molecular formula is C21H20ClF6N3O. The second-order valence-corrected chi connectivity index (χ2v) is 8.10. The number of anilines is 1. The van der Waals surface area contributed by atoms with Gasteiger partial charge in [-0.05, 0) is 61.9 Å². The molecule has 1 saturated carbocycles. The van der Waals surface area contributed by atoms with Gasteiger partial charge in [0.1, 0.15) is 5.82 Å². The van der Waals surface area contributed by atoms with Crippen molar-refractivity contribution < 1.29 is 31.1 Å². The highest BCUT2D eigenvalue weighted by molar-refractivity contribution is 6.33. The molecule has 0 bridgehead atoms. The van der Waals surface area contributed by atoms with E-state index in [4.69, 9.17) is 11.6 Å². The summed E-state index contributed by atoms with van der Waals surface area (Å²) in [6.45, 7) is 0.512. The summed E-state index contributed by atoms with van der Waals surface area (Å²) in [5.41, 5.74) is -1.99. The molecule has 1 heterocycles. The Labute approximate surface area is 185 Å². The lowest BCUT2D eigenvalue weighted by molar-refractivity contribution is -0.138. The number of carbonyl (C=O) groups is 1. The monoisotopic (exact) mass is 479 g/mol. The average molecular weight is 480 g/mol. The van der Waals surface area contributed by atoms with Crippen LogP contribution in [0.3, 0.4) is 0 Å². The molecule has 1 aromatic carbocycles. The maximum absolute atomic E-state index is 12.9. The number of amides is 1. The third-order valence-corrected chi connectivity index (χ3v) is 5.71. The number of alkyl halides is 6.